The molecule has 1 aliphatic rings. The van der Waals surface area contributed by atoms with E-state index in [9.17, 15) is 0 Å². The van der Waals surface area contributed by atoms with Crippen molar-refractivity contribution in [2.24, 2.45) is 22.9 Å². The van der Waals surface area contributed by atoms with Gasteiger partial charge >= 0.3 is 0 Å². The average Bonchev–Trinajstić information content (AvgIpc) is 2.01. The van der Waals surface area contributed by atoms with Gasteiger partial charge in [-0.15, -0.1) is 0 Å². The second kappa shape index (κ2) is 3.81. The molecule has 0 spiro atoms. The van der Waals surface area contributed by atoms with Crippen molar-refractivity contribution in [2.75, 3.05) is 0 Å². The van der Waals surface area contributed by atoms with Crippen LogP contribution in [-0.2, 0) is 0 Å². The van der Waals surface area contributed by atoms with Crippen LogP contribution in [0.1, 0.15) is 33.6 Å². The molecule has 1 fully saturated rings. The molecule has 0 aromatic heterocycles. The molecule has 1 rings (SSSR count). The molecule has 0 N–H and O–H groups in total. The number of hydrogen-bond acceptors (Lipinski definition) is 1. The summed E-state index contributed by atoms with van der Waals surface area (Å²) in [5, 5.41) is 3.83. The molecule has 0 aliphatic heterocycles. The molecule has 0 bridgehead atoms. The van der Waals surface area contributed by atoms with Crippen molar-refractivity contribution in [3.8, 4) is 0 Å². The molecular weight excluding hydrogens is 150 g/mol. The lowest BCUT2D eigenvalue weighted by Gasteiger charge is -2.34. The van der Waals surface area contributed by atoms with Gasteiger partial charge in [-0.1, -0.05) is 25.9 Å². The van der Waals surface area contributed by atoms with Gasteiger partial charge in [0.05, 0.1) is 0 Å². The summed E-state index contributed by atoms with van der Waals surface area (Å²) in [5.41, 5.74) is 8.35. The molecule has 0 saturated heterocycles. The number of nitrogens with zero attached hydrogens (tertiary/aromatic N) is 3. The van der Waals surface area contributed by atoms with Gasteiger partial charge in [-0.2, -0.15) is 0 Å². The van der Waals surface area contributed by atoms with Crippen LogP contribution in [0.3, 0.4) is 0 Å². The average molecular weight is 167 g/mol. The van der Waals surface area contributed by atoms with Crippen molar-refractivity contribution in [2.45, 2.75) is 39.7 Å². The molecule has 0 heterocycles. The van der Waals surface area contributed by atoms with E-state index in [1.165, 1.54) is 6.42 Å². The fraction of sp³-hybridized carbons (Fsp3) is 1.00. The fourth-order valence-electron chi connectivity index (χ4n) is 2.05. The maximum absolute atomic E-state index is 8.35. The van der Waals surface area contributed by atoms with E-state index in [-0.39, 0.29) is 6.04 Å². The Kier molecular flexibility index (Phi) is 2.99. The van der Waals surface area contributed by atoms with E-state index in [1.54, 1.807) is 0 Å². The minimum atomic E-state index is 0.237. The Hall–Kier alpha value is -0.690. The summed E-state index contributed by atoms with van der Waals surface area (Å²) in [6, 6.07) is 0.237. The third-order valence-electron chi connectivity index (χ3n) is 3.19. The SMILES string of the molecule is C[C@@H]1C[C@H](N=[N+]=[N-])[C@@H](C)C[C@@H]1C. The summed E-state index contributed by atoms with van der Waals surface area (Å²) < 4.78 is 0. The highest BCUT2D eigenvalue weighted by Gasteiger charge is 2.29. The summed E-state index contributed by atoms with van der Waals surface area (Å²) in [5.74, 6) is 2.05. The van der Waals surface area contributed by atoms with Crippen molar-refractivity contribution >= 4 is 0 Å². The van der Waals surface area contributed by atoms with Gasteiger partial charge in [-0.05, 0) is 36.1 Å². The molecule has 12 heavy (non-hydrogen) atoms. The standard InChI is InChI=1S/C9H17N3/c1-6-4-8(3)9(11-12-10)5-7(6)2/h6-9H,4-5H2,1-3H3/t6-,7+,8-,9-/m0/s1. The lowest BCUT2D eigenvalue weighted by molar-refractivity contribution is 0.192. The van der Waals surface area contributed by atoms with E-state index in [1.807, 2.05) is 0 Å². The lowest BCUT2D eigenvalue weighted by Crippen LogP contribution is -2.29. The quantitative estimate of drug-likeness (QED) is 0.326. The Morgan fingerprint density at radius 1 is 1.08 bits per heavy atom. The Morgan fingerprint density at radius 3 is 2.25 bits per heavy atom. The number of hydrogen-bond donors (Lipinski definition) is 0. The second-order valence-electron chi connectivity index (χ2n) is 4.18. The normalized spacial score (nSPS) is 41.9. The molecule has 0 aromatic rings. The van der Waals surface area contributed by atoms with E-state index >= 15 is 0 Å². The monoisotopic (exact) mass is 167 g/mol. The first-order valence-corrected chi connectivity index (χ1v) is 4.69. The molecule has 3 heteroatoms. The van der Waals surface area contributed by atoms with Gasteiger partial charge in [-0.3, -0.25) is 0 Å². The van der Waals surface area contributed by atoms with Crippen LogP contribution in [0.5, 0.6) is 0 Å². The minimum Gasteiger partial charge on any atom is -0.0903 e. The minimum absolute atomic E-state index is 0.237. The van der Waals surface area contributed by atoms with Crippen molar-refractivity contribution < 1.29 is 0 Å². The highest BCUT2D eigenvalue weighted by atomic mass is 15.1. The largest absolute Gasteiger partial charge is 0.0903 e. The van der Waals surface area contributed by atoms with Gasteiger partial charge in [-0.25, -0.2) is 0 Å². The Bertz CT molecular complexity index is 196. The zero-order chi connectivity index (χ0) is 9.14. The highest BCUT2D eigenvalue weighted by Crippen LogP contribution is 2.34. The van der Waals surface area contributed by atoms with E-state index in [2.05, 4.69) is 30.8 Å². The van der Waals surface area contributed by atoms with Crippen molar-refractivity contribution in [3.63, 3.8) is 0 Å². The zero-order valence-corrected chi connectivity index (χ0v) is 8.07. The van der Waals surface area contributed by atoms with Crippen molar-refractivity contribution in [3.05, 3.63) is 10.4 Å². The lowest BCUT2D eigenvalue weighted by atomic mass is 9.74. The predicted octanol–water partition coefficient (Wildman–Crippen LogP) is 3.37. The molecule has 3 nitrogen and oxygen atoms in total. The Morgan fingerprint density at radius 2 is 1.67 bits per heavy atom. The molecule has 1 aliphatic carbocycles. The summed E-state index contributed by atoms with van der Waals surface area (Å²) in [7, 11) is 0. The van der Waals surface area contributed by atoms with Gasteiger partial charge in [0.2, 0.25) is 0 Å². The Balaban J connectivity index is 2.61. The van der Waals surface area contributed by atoms with E-state index in [0.29, 0.717) is 11.8 Å². The van der Waals surface area contributed by atoms with Crippen LogP contribution >= 0.6 is 0 Å². The highest BCUT2D eigenvalue weighted by molar-refractivity contribution is 4.84. The van der Waals surface area contributed by atoms with Gasteiger partial charge in [0.25, 0.3) is 0 Å². The molecule has 1 saturated carbocycles. The summed E-state index contributed by atoms with van der Waals surface area (Å²) in [4.78, 5) is 2.89. The smallest absolute Gasteiger partial charge is 0.0402 e. The Labute approximate surface area is 73.8 Å². The van der Waals surface area contributed by atoms with Crippen LogP contribution in [0, 0.1) is 17.8 Å². The van der Waals surface area contributed by atoms with Crippen LogP contribution in [0.4, 0.5) is 0 Å². The maximum Gasteiger partial charge on any atom is 0.0402 e. The molecule has 0 aromatic carbocycles. The molecule has 4 atom stereocenters. The molecule has 0 amide bonds. The van der Waals surface area contributed by atoms with Crippen LogP contribution in [0.2, 0.25) is 0 Å². The van der Waals surface area contributed by atoms with Crippen LogP contribution < -0.4 is 0 Å². The van der Waals surface area contributed by atoms with Gasteiger partial charge in [0.15, 0.2) is 0 Å². The van der Waals surface area contributed by atoms with Crippen LogP contribution in [0.15, 0.2) is 5.11 Å². The van der Waals surface area contributed by atoms with E-state index in [0.717, 1.165) is 12.3 Å². The third kappa shape index (κ3) is 1.92. The number of rotatable bonds is 1. The summed E-state index contributed by atoms with van der Waals surface area (Å²) in [6.45, 7) is 6.71. The second-order valence-corrected chi connectivity index (χ2v) is 4.18. The van der Waals surface area contributed by atoms with Crippen LogP contribution in [-0.4, -0.2) is 6.04 Å². The molecule has 0 radical (unpaired) electrons. The zero-order valence-electron chi connectivity index (χ0n) is 8.07. The van der Waals surface area contributed by atoms with E-state index in [4.69, 9.17) is 5.53 Å². The molecular formula is C9H17N3. The molecule has 0 unspecified atom stereocenters. The molecule has 68 valence electrons. The summed E-state index contributed by atoms with van der Waals surface area (Å²) >= 11 is 0. The summed E-state index contributed by atoms with van der Waals surface area (Å²) in [6.07, 6.45) is 2.26. The van der Waals surface area contributed by atoms with Crippen molar-refractivity contribution in [1.82, 2.24) is 0 Å². The predicted molar refractivity (Wildman–Crippen MR) is 49.7 cm³/mol. The fourth-order valence-corrected chi connectivity index (χ4v) is 2.05. The first kappa shape index (κ1) is 9.40. The maximum atomic E-state index is 8.35. The topological polar surface area (TPSA) is 48.8 Å². The third-order valence-corrected chi connectivity index (χ3v) is 3.19. The number of azide groups is 1. The van der Waals surface area contributed by atoms with Gasteiger partial charge < -0.3 is 0 Å². The van der Waals surface area contributed by atoms with E-state index < -0.39 is 0 Å². The van der Waals surface area contributed by atoms with Crippen LogP contribution in [0.25, 0.3) is 10.4 Å². The van der Waals surface area contributed by atoms with Gasteiger partial charge in [0, 0.05) is 11.0 Å². The first-order valence-electron chi connectivity index (χ1n) is 4.69. The van der Waals surface area contributed by atoms with Gasteiger partial charge in [0.1, 0.15) is 0 Å². The first-order chi connectivity index (χ1) is 5.65. The van der Waals surface area contributed by atoms with Crippen molar-refractivity contribution in [1.29, 1.82) is 0 Å².